The van der Waals surface area contributed by atoms with Gasteiger partial charge in [-0.2, -0.15) is 0 Å². The van der Waals surface area contributed by atoms with Crippen molar-refractivity contribution in [3.05, 3.63) is 11.6 Å². The van der Waals surface area contributed by atoms with E-state index < -0.39 is 13.3 Å². The van der Waals surface area contributed by atoms with Crippen molar-refractivity contribution in [3.8, 4) is 0 Å². The lowest BCUT2D eigenvalue weighted by atomic mass is 9.85. The highest BCUT2D eigenvalue weighted by Crippen LogP contribution is 2.16. The summed E-state index contributed by atoms with van der Waals surface area (Å²) in [6, 6.07) is 0. The number of halogens is 3. The Bertz CT molecular complexity index is 125. The van der Waals surface area contributed by atoms with E-state index in [1.165, 1.54) is 6.08 Å². The molecule has 0 aliphatic carbocycles. The molecule has 0 amide bonds. The minimum atomic E-state index is -4.62. The first-order valence-electron chi connectivity index (χ1n) is 3.32. The lowest BCUT2D eigenvalue weighted by Gasteiger charge is -2.09. The molecule has 60 valence electrons. The van der Waals surface area contributed by atoms with Gasteiger partial charge in [-0.3, -0.25) is 0 Å². The lowest BCUT2D eigenvalue weighted by molar-refractivity contribution is 0.477. The predicted octanol–water partition coefficient (Wildman–Crippen LogP) is 3.19. The van der Waals surface area contributed by atoms with Gasteiger partial charge in [-0.05, 0) is 13.3 Å². The van der Waals surface area contributed by atoms with Crippen LogP contribution in [0, 0.1) is 0 Å². The fourth-order valence-corrected chi connectivity index (χ4v) is 0.479. The van der Waals surface area contributed by atoms with Gasteiger partial charge in [0.2, 0.25) is 0 Å². The predicted molar refractivity (Wildman–Crippen MR) is 37.9 cm³/mol. The van der Waals surface area contributed by atoms with Crippen LogP contribution >= 0.6 is 0 Å². The van der Waals surface area contributed by atoms with Gasteiger partial charge in [-0.15, -0.1) is 6.08 Å². The summed E-state index contributed by atoms with van der Waals surface area (Å²) in [5.41, 5.74) is 0.805. The van der Waals surface area contributed by atoms with Crippen LogP contribution in [0.2, 0.25) is 6.32 Å². The van der Waals surface area contributed by atoms with Gasteiger partial charge < -0.3 is 12.9 Å². The Hall–Kier alpha value is -0.405. The molecular formula is C6H11BF3-. The van der Waals surface area contributed by atoms with Crippen molar-refractivity contribution in [1.29, 1.82) is 0 Å². The van der Waals surface area contributed by atoms with Crippen LogP contribution in [-0.2, 0) is 0 Å². The van der Waals surface area contributed by atoms with Crippen molar-refractivity contribution in [2.75, 3.05) is 0 Å². The average molecular weight is 151 g/mol. The van der Waals surface area contributed by atoms with Crippen LogP contribution in [0.3, 0.4) is 0 Å². The second-order valence-electron chi connectivity index (χ2n) is 2.35. The highest BCUT2D eigenvalue weighted by molar-refractivity contribution is 6.58. The molecule has 0 fully saturated rings. The first-order chi connectivity index (χ1) is 4.45. The third-order valence-corrected chi connectivity index (χ3v) is 1.29. The van der Waals surface area contributed by atoms with E-state index in [1.807, 2.05) is 6.92 Å². The van der Waals surface area contributed by atoms with Crippen molar-refractivity contribution < 1.29 is 12.9 Å². The fourth-order valence-electron chi connectivity index (χ4n) is 0.479. The normalized spacial score (nSPS) is 13.9. The van der Waals surface area contributed by atoms with Crippen LogP contribution in [-0.4, -0.2) is 6.98 Å². The monoisotopic (exact) mass is 151 g/mol. The third kappa shape index (κ3) is 5.73. The number of hydrogen-bond donors (Lipinski definition) is 0. The molecule has 0 nitrogen and oxygen atoms in total. The van der Waals surface area contributed by atoms with Crippen molar-refractivity contribution in [1.82, 2.24) is 0 Å². The standard InChI is InChI=1S/C6H11BF3/c1-3-6(2)4-5-7(8,9)10/h4H,3,5H2,1-2H3/q-1/b6-4+. The van der Waals surface area contributed by atoms with Gasteiger partial charge in [-0.25, -0.2) is 0 Å². The van der Waals surface area contributed by atoms with Crippen molar-refractivity contribution in [2.24, 2.45) is 0 Å². The van der Waals surface area contributed by atoms with Gasteiger partial charge in [0.05, 0.1) is 0 Å². The Kier molecular flexibility index (Phi) is 3.54. The van der Waals surface area contributed by atoms with E-state index in [2.05, 4.69) is 0 Å². The zero-order valence-corrected chi connectivity index (χ0v) is 6.20. The van der Waals surface area contributed by atoms with E-state index in [9.17, 15) is 12.9 Å². The van der Waals surface area contributed by atoms with E-state index in [-0.39, 0.29) is 0 Å². The van der Waals surface area contributed by atoms with Gasteiger partial charge in [0.25, 0.3) is 0 Å². The van der Waals surface area contributed by atoms with E-state index in [1.54, 1.807) is 6.92 Å². The highest BCUT2D eigenvalue weighted by atomic mass is 19.4. The van der Waals surface area contributed by atoms with Crippen LogP contribution in [0.15, 0.2) is 11.6 Å². The maximum Gasteiger partial charge on any atom is 0.482 e. The summed E-state index contributed by atoms with van der Waals surface area (Å²) in [5, 5.41) is 0. The molecule has 0 aliphatic rings. The molecule has 0 atom stereocenters. The minimum absolute atomic E-state index is 0.701. The van der Waals surface area contributed by atoms with Gasteiger partial charge in [0.1, 0.15) is 0 Å². The summed E-state index contributed by atoms with van der Waals surface area (Å²) in [6.07, 6.45) is 1.21. The van der Waals surface area contributed by atoms with Crippen LogP contribution < -0.4 is 0 Å². The van der Waals surface area contributed by atoms with Crippen LogP contribution in [0.4, 0.5) is 12.9 Å². The number of allylic oxidation sites excluding steroid dienone is 2. The summed E-state index contributed by atoms with van der Waals surface area (Å²) in [5.74, 6) is 0. The molecule has 4 heteroatoms. The van der Waals surface area contributed by atoms with E-state index >= 15 is 0 Å². The second kappa shape index (κ2) is 3.69. The third-order valence-electron chi connectivity index (χ3n) is 1.29. The van der Waals surface area contributed by atoms with Gasteiger partial charge in [0.15, 0.2) is 0 Å². The van der Waals surface area contributed by atoms with Crippen molar-refractivity contribution >= 4 is 6.98 Å². The Morgan fingerprint density at radius 2 is 1.90 bits per heavy atom. The van der Waals surface area contributed by atoms with Crippen molar-refractivity contribution in [3.63, 3.8) is 0 Å². The van der Waals surface area contributed by atoms with Crippen LogP contribution in [0.25, 0.3) is 0 Å². The largest absolute Gasteiger partial charge is 0.482 e. The molecule has 0 heterocycles. The molecule has 0 aromatic heterocycles. The maximum absolute atomic E-state index is 11.6. The molecule has 0 saturated carbocycles. The number of rotatable bonds is 3. The zero-order chi connectivity index (χ0) is 8.20. The molecule has 0 aliphatic heterocycles. The first kappa shape index (κ1) is 9.59. The summed E-state index contributed by atoms with van der Waals surface area (Å²) in [4.78, 5) is 0. The quantitative estimate of drug-likeness (QED) is 0.429. The average Bonchev–Trinajstić information content (AvgIpc) is 1.81. The molecule has 0 rings (SSSR count). The van der Waals surface area contributed by atoms with Crippen molar-refractivity contribution in [2.45, 2.75) is 26.6 Å². The van der Waals surface area contributed by atoms with Gasteiger partial charge >= 0.3 is 6.98 Å². The SMILES string of the molecule is CC/C(C)=C/C[B-](F)(F)F. The fraction of sp³-hybridized carbons (Fsp3) is 0.667. The highest BCUT2D eigenvalue weighted by Gasteiger charge is 2.20. The lowest BCUT2D eigenvalue weighted by Crippen LogP contribution is -2.12. The molecule has 0 N–H and O–H groups in total. The summed E-state index contributed by atoms with van der Waals surface area (Å²) in [6.45, 7) is -1.06. The van der Waals surface area contributed by atoms with E-state index in [4.69, 9.17) is 0 Å². The molecule has 0 radical (unpaired) electrons. The smallest absolute Gasteiger partial charge is 0.449 e. The molecule has 0 spiro atoms. The van der Waals surface area contributed by atoms with Crippen LogP contribution in [0.1, 0.15) is 20.3 Å². The van der Waals surface area contributed by atoms with E-state index in [0.717, 1.165) is 5.57 Å². The number of hydrogen-bond acceptors (Lipinski definition) is 0. The molecule has 0 aromatic rings. The van der Waals surface area contributed by atoms with E-state index in [0.29, 0.717) is 6.42 Å². The van der Waals surface area contributed by atoms with Crippen LogP contribution in [0.5, 0.6) is 0 Å². The first-order valence-corrected chi connectivity index (χ1v) is 3.32. The zero-order valence-electron chi connectivity index (χ0n) is 6.20. The van der Waals surface area contributed by atoms with Gasteiger partial charge in [-0.1, -0.05) is 18.8 Å². The summed E-state index contributed by atoms with van der Waals surface area (Å²) < 4.78 is 34.7. The summed E-state index contributed by atoms with van der Waals surface area (Å²) >= 11 is 0. The molecule has 10 heavy (non-hydrogen) atoms. The molecule has 0 saturated heterocycles. The Labute approximate surface area is 59.2 Å². The summed E-state index contributed by atoms with van der Waals surface area (Å²) in [7, 11) is 0. The molecule has 0 unspecified atom stereocenters. The molecule has 0 bridgehead atoms. The maximum atomic E-state index is 11.6. The minimum Gasteiger partial charge on any atom is -0.449 e. The second-order valence-corrected chi connectivity index (χ2v) is 2.35. The molecule has 0 aromatic carbocycles. The Morgan fingerprint density at radius 3 is 2.20 bits per heavy atom. The Morgan fingerprint density at radius 1 is 1.40 bits per heavy atom. The van der Waals surface area contributed by atoms with Gasteiger partial charge in [0, 0.05) is 0 Å². The topological polar surface area (TPSA) is 0 Å². The Balaban J connectivity index is 3.73. The molecular weight excluding hydrogens is 140 g/mol.